The molecule has 1 aromatic rings. The summed E-state index contributed by atoms with van der Waals surface area (Å²) in [6.45, 7) is 4.00. The van der Waals surface area contributed by atoms with E-state index in [1.807, 2.05) is 6.07 Å². The standard InChI is InChI=1S/C40H64N4O8/c1-3-4-5-6-7-8-9-10-11-12-13-14-15-16-20-25-35(45)42-32(39(49)50)26-27-36(46)41-30(2)38(48)44-28-21-24-34(44)37(47)43-33(40(51)52)29-31-22-18-17-19-23-31/h17-19,22-23,30,32-34H,3-16,20-21,24-29H2,1-2H3,(H,41,46)(H,42,45)(H,43,47)(H,49,50)(H,51,52)/t30-,32-,33-,34-/m0/s1. The van der Waals surface area contributed by atoms with E-state index in [1.54, 1.807) is 24.3 Å². The van der Waals surface area contributed by atoms with Crippen molar-refractivity contribution in [2.24, 2.45) is 0 Å². The number of likely N-dealkylation sites (tertiary alicyclic amines) is 1. The fraction of sp³-hybridized carbons (Fsp3) is 0.700. The lowest BCUT2D eigenvalue weighted by atomic mass is 10.0. The molecule has 1 aliphatic rings. The number of rotatable bonds is 28. The molecule has 5 N–H and O–H groups in total. The predicted octanol–water partition coefficient (Wildman–Crippen LogP) is 5.91. The van der Waals surface area contributed by atoms with E-state index in [-0.39, 0.29) is 38.1 Å². The minimum absolute atomic E-state index is 0.0896. The minimum Gasteiger partial charge on any atom is -0.480 e. The van der Waals surface area contributed by atoms with E-state index >= 15 is 0 Å². The Balaban J connectivity index is 1.65. The zero-order chi connectivity index (χ0) is 38.1. The maximum atomic E-state index is 13.2. The molecule has 12 heteroatoms. The number of hydrogen-bond donors (Lipinski definition) is 5. The van der Waals surface area contributed by atoms with E-state index in [0.717, 1.165) is 24.8 Å². The number of carboxylic acids is 2. The zero-order valence-electron chi connectivity index (χ0n) is 31.5. The molecule has 1 saturated heterocycles. The Kier molecular flexibility index (Phi) is 22.0. The average Bonchev–Trinajstić information content (AvgIpc) is 3.61. The molecular formula is C40H64N4O8. The quantitative estimate of drug-likeness (QED) is 0.0661. The van der Waals surface area contributed by atoms with Gasteiger partial charge in [0.2, 0.25) is 23.6 Å². The molecule has 4 atom stereocenters. The van der Waals surface area contributed by atoms with Gasteiger partial charge in [0.15, 0.2) is 0 Å². The third-order valence-electron chi connectivity index (χ3n) is 9.78. The summed E-state index contributed by atoms with van der Waals surface area (Å²) in [6.07, 6.45) is 19.1. The Labute approximate surface area is 310 Å². The van der Waals surface area contributed by atoms with Crippen molar-refractivity contribution in [2.45, 2.75) is 173 Å². The first-order chi connectivity index (χ1) is 25.0. The molecule has 0 bridgehead atoms. The van der Waals surface area contributed by atoms with Crippen LogP contribution in [0.25, 0.3) is 0 Å². The summed E-state index contributed by atoms with van der Waals surface area (Å²) in [5.74, 6) is -4.41. The molecule has 0 spiro atoms. The lowest BCUT2D eigenvalue weighted by Crippen LogP contribution is -2.55. The third-order valence-corrected chi connectivity index (χ3v) is 9.78. The number of amides is 4. The lowest BCUT2D eigenvalue weighted by Gasteiger charge is -2.28. The number of unbranched alkanes of at least 4 members (excludes halogenated alkanes) is 14. The van der Waals surface area contributed by atoms with E-state index in [9.17, 15) is 39.0 Å². The molecule has 1 fully saturated rings. The largest absolute Gasteiger partial charge is 0.480 e. The van der Waals surface area contributed by atoms with Crippen LogP contribution < -0.4 is 16.0 Å². The van der Waals surface area contributed by atoms with Gasteiger partial charge < -0.3 is 31.1 Å². The van der Waals surface area contributed by atoms with Gasteiger partial charge in [-0.3, -0.25) is 19.2 Å². The van der Waals surface area contributed by atoms with Crippen LogP contribution in [0.15, 0.2) is 30.3 Å². The fourth-order valence-corrected chi connectivity index (χ4v) is 6.70. The monoisotopic (exact) mass is 728 g/mol. The van der Waals surface area contributed by atoms with Gasteiger partial charge in [0, 0.05) is 25.8 Å². The van der Waals surface area contributed by atoms with Crippen LogP contribution in [0.5, 0.6) is 0 Å². The molecule has 1 aliphatic heterocycles. The van der Waals surface area contributed by atoms with Gasteiger partial charge in [0.05, 0.1) is 0 Å². The SMILES string of the molecule is CCCCCCCCCCCCCCCCCC(=O)N[C@@H](CCC(=O)N[C@@H](C)C(=O)N1CCC[C@H]1C(=O)N[C@@H](Cc1ccccc1)C(=O)O)C(=O)O. The number of aliphatic carboxylic acids is 2. The first kappa shape index (κ1) is 44.2. The molecule has 0 radical (unpaired) electrons. The molecule has 292 valence electrons. The van der Waals surface area contributed by atoms with Crippen LogP contribution in [-0.2, 0) is 35.2 Å². The second-order valence-corrected chi connectivity index (χ2v) is 14.3. The van der Waals surface area contributed by atoms with Crippen molar-refractivity contribution in [3.63, 3.8) is 0 Å². The van der Waals surface area contributed by atoms with Crippen molar-refractivity contribution in [3.8, 4) is 0 Å². The van der Waals surface area contributed by atoms with Crippen molar-refractivity contribution in [1.82, 2.24) is 20.9 Å². The van der Waals surface area contributed by atoms with E-state index in [0.29, 0.717) is 19.3 Å². The highest BCUT2D eigenvalue weighted by Crippen LogP contribution is 2.20. The average molecular weight is 729 g/mol. The summed E-state index contributed by atoms with van der Waals surface area (Å²) < 4.78 is 0. The number of hydrogen-bond acceptors (Lipinski definition) is 6. The van der Waals surface area contributed by atoms with Crippen LogP contribution in [0, 0.1) is 0 Å². The van der Waals surface area contributed by atoms with Crippen molar-refractivity contribution in [1.29, 1.82) is 0 Å². The van der Waals surface area contributed by atoms with Gasteiger partial charge in [-0.05, 0) is 38.2 Å². The topological polar surface area (TPSA) is 182 Å². The van der Waals surface area contributed by atoms with E-state index in [1.165, 1.54) is 82.5 Å². The molecule has 2 rings (SSSR count). The summed E-state index contributed by atoms with van der Waals surface area (Å²) in [4.78, 5) is 76.5. The molecule has 0 aromatic heterocycles. The van der Waals surface area contributed by atoms with E-state index < -0.39 is 53.8 Å². The second-order valence-electron chi connectivity index (χ2n) is 14.3. The number of carbonyl (C=O) groups is 6. The van der Waals surface area contributed by atoms with Crippen LogP contribution in [0.1, 0.15) is 148 Å². The first-order valence-corrected chi connectivity index (χ1v) is 19.7. The predicted molar refractivity (Wildman–Crippen MR) is 200 cm³/mol. The Hall–Kier alpha value is -3.96. The molecule has 0 aliphatic carbocycles. The molecule has 12 nitrogen and oxygen atoms in total. The molecule has 52 heavy (non-hydrogen) atoms. The Morgan fingerprint density at radius 3 is 1.75 bits per heavy atom. The highest BCUT2D eigenvalue weighted by molar-refractivity contribution is 5.94. The molecule has 1 heterocycles. The highest BCUT2D eigenvalue weighted by atomic mass is 16.4. The first-order valence-electron chi connectivity index (χ1n) is 19.7. The number of nitrogens with one attached hydrogen (secondary N) is 3. The Morgan fingerprint density at radius 2 is 1.21 bits per heavy atom. The van der Waals surface area contributed by atoms with Crippen molar-refractivity contribution < 1.29 is 39.0 Å². The van der Waals surface area contributed by atoms with E-state index in [2.05, 4.69) is 22.9 Å². The Bertz CT molecular complexity index is 1240. The van der Waals surface area contributed by atoms with Gasteiger partial charge in [-0.1, -0.05) is 127 Å². The summed E-state index contributed by atoms with van der Waals surface area (Å²) in [5, 5.41) is 27.0. The fourth-order valence-electron chi connectivity index (χ4n) is 6.70. The van der Waals surface area contributed by atoms with Gasteiger partial charge in [-0.2, -0.15) is 0 Å². The third kappa shape index (κ3) is 18.0. The highest BCUT2D eigenvalue weighted by Gasteiger charge is 2.38. The Morgan fingerprint density at radius 1 is 0.692 bits per heavy atom. The van der Waals surface area contributed by atoms with Gasteiger partial charge in [-0.25, -0.2) is 9.59 Å². The summed E-state index contributed by atoms with van der Waals surface area (Å²) in [6, 6.07) is 4.64. The maximum Gasteiger partial charge on any atom is 0.326 e. The van der Waals surface area contributed by atoms with Crippen LogP contribution in [0.4, 0.5) is 0 Å². The summed E-state index contributed by atoms with van der Waals surface area (Å²) in [5.41, 5.74) is 0.746. The lowest BCUT2D eigenvalue weighted by molar-refractivity contribution is -0.145. The number of carboxylic acid groups (broad SMARTS) is 2. The molecular weight excluding hydrogens is 664 g/mol. The number of carbonyl (C=O) groups excluding carboxylic acids is 4. The normalized spacial score (nSPS) is 15.7. The van der Waals surface area contributed by atoms with Crippen molar-refractivity contribution in [3.05, 3.63) is 35.9 Å². The molecule has 0 unspecified atom stereocenters. The van der Waals surface area contributed by atoms with Gasteiger partial charge in [0.25, 0.3) is 0 Å². The van der Waals surface area contributed by atoms with Crippen molar-refractivity contribution >= 4 is 35.6 Å². The smallest absolute Gasteiger partial charge is 0.326 e. The minimum atomic E-state index is -1.24. The van der Waals surface area contributed by atoms with Gasteiger partial charge in [-0.15, -0.1) is 0 Å². The molecule has 4 amide bonds. The number of benzene rings is 1. The van der Waals surface area contributed by atoms with Crippen LogP contribution in [0.3, 0.4) is 0 Å². The second kappa shape index (κ2) is 25.9. The van der Waals surface area contributed by atoms with E-state index in [4.69, 9.17) is 0 Å². The van der Waals surface area contributed by atoms with Crippen molar-refractivity contribution in [2.75, 3.05) is 6.54 Å². The number of nitrogens with zero attached hydrogens (tertiary/aromatic N) is 1. The summed E-state index contributed by atoms with van der Waals surface area (Å²) in [7, 11) is 0. The van der Waals surface area contributed by atoms with Gasteiger partial charge >= 0.3 is 11.9 Å². The zero-order valence-corrected chi connectivity index (χ0v) is 31.5. The molecule has 0 saturated carbocycles. The van der Waals surface area contributed by atoms with Crippen LogP contribution in [0.2, 0.25) is 0 Å². The van der Waals surface area contributed by atoms with Crippen LogP contribution >= 0.6 is 0 Å². The molecule has 1 aromatic carbocycles. The van der Waals surface area contributed by atoms with Gasteiger partial charge in [0.1, 0.15) is 24.2 Å². The van der Waals surface area contributed by atoms with Crippen LogP contribution in [-0.4, -0.2) is 81.4 Å². The summed E-state index contributed by atoms with van der Waals surface area (Å²) >= 11 is 0. The maximum absolute atomic E-state index is 13.2.